The van der Waals surface area contributed by atoms with Crippen LogP contribution in [0.3, 0.4) is 0 Å². The Balaban J connectivity index is 2.22. The van der Waals surface area contributed by atoms with Crippen molar-refractivity contribution in [3.63, 3.8) is 0 Å². The van der Waals surface area contributed by atoms with Crippen LogP contribution < -0.4 is 5.32 Å². The maximum absolute atomic E-state index is 14.1. The smallest absolute Gasteiger partial charge is 0.126 e. The van der Waals surface area contributed by atoms with Crippen LogP contribution in [0.4, 0.5) is 4.39 Å². The van der Waals surface area contributed by atoms with E-state index in [1.807, 2.05) is 7.05 Å². The van der Waals surface area contributed by atoms with Gasteiger partial charge in [0.15, 0.2) is 0 Å². The summed E-state index contributed by atoms with van der Waals surface area (Å²) >= 11 is 6.04. The minimum atomic E-state index is -0.141. The molecule has 1 fully saturated rings. The van der Waals surface area contributed by atoms with Gasteiger partial charge in [-0.3, -0.25) is 0 Å². The van der Waals surface area contributed by atoms with Gasteiger partial charge in [0.2, 0.25) is 0 Å². The van der Waals surface area contributed by atoms with E-state index in [4.69, 9.17) is 11.6 Å². The monoisotopic (exact) mass is 311 g/mol. The SMILES string of the molecule is CNC(Cc1cc(Cl)ccc1F)C1(CC(C)C)CCCC1. The predicted octanol–water partition coefficient (Wildman–Crippen LogP) is 5.22. The van der Waals surface area contributed by atoms with E-state index in [1.165, 1.54) is 38.2 Å². The van der Waals surface area contributed by atoms with Crippen molar-refractivity contribution in [2.45, 2.75) is 58.4 Å². The Morgan fingerprint density at radius 3 is 2.52 bits per heavy atom. The fourth-order valence-corrected chi connectivity index (χ4v) is 4.33. The number of likely N-dealkylation sites (N-methyl/N-ethyl adjacent to an activating group) is 1. The Morgan fingerprint density at radius 1 is 1.29 bits per heavy atom. The lowest BCUT2D eigenvalue weighted by atomic mass is 9.71. The van der Waals surface area contributed by atoms with Gasteiger partial charge in [-0.15, -0.1) is 0 Å². The van der Waals surface area contributed by atoms with E-state index < -0.39 is 0 Å². The molecule has 1 aliphatic rings. The summed E-state index contributed by atoms with van der Waals surface area (Å²) in [6, 6.07) is 5.19. The molecule has 0 aromatic heterocycles. The van der Waals surface area contributed by atoms with Crippen LogP contribution in [0.15, 0.2) is 18.2 Å². The van der Waals surface area contributed by atoms with Gasteiger partial charge in [0.25, 0.3) is 0 Å². The van der Waals surface area contributed by atoms with E-state index in [0.717, 1.165) is 12.0 Å². The van der Waals surface area contributed by atoms with Crippen LogP contribution in [0, 0.1) is 17.2 Å². The molecule has 2 rings (SSSR count). The van der Waals surface area contributed by atoms with E-state index in [-0.39, 0.29) is 5.82 Å². The number of rotatable bonds is 6. The summed E-state index contributed by atoms with van der Waals surface area (Å²) in [6.07, 6.45) is 7.01. The van der Waals surface area contributed by atoms with Crippen molar-refractivity contribution in [1.29, 1.82) is 0 Å². The zero-order valence-corrected chi connectivity index (χ0v) is 14.1. The van der Waals surface area contributed by atoms with Gasteiger partial charge in [-0.1, -0.05) is 38.3 Å². The highest BCUT2D eigenvalue weighted by molar-refractivity contribution is 6.30. The Morgan fingerprint density at radius 2 is 1.95 bits per heavy atom. The Hall–Kier alpha value is -0.600. The lowest BCUT2D eigenvalue weighted by Crippen LogP contribution is -2.44. The van der Waals surface area contributed by atoms with Gasteiger partial charge >= 0.3 is 0 Å². The Bertz CT molecular complexity index is 466. The van der Waals surface area contributed by atoms with Crippen LogP contribution in [-0.4, -0.2) is 13.1 Å². The zero-order chi connectivity index (χ0) is 15.5. The average molecular weight is 312 g/mol. The third-order valence-electron chi connectivity index (χ3n) is 4.93. The molecule has 0 saturated heterocycles. The molecule has 0 heterocycles. The Kier molecular flexibility index (Phi) is 5.67. The number of halogens is 2. The van der Waals surface area contributed by atoms with Gasteiger partial charge in [-0.2, -0.15) is 0 Å². The van der Waals surface area contributed by atoms with E-state index in [1.54, 1.807) is 12.1 Å². The first kappa shape index (κ1) is 16.8. The molecule has 1 N–H and O–H groups in total. The van der Waals surface area contributed by atoms with E-state index in [0.29, 0.717) is 22.4 Å². The molecule has 1 aromatic carbocycles. The summed E-state index contributed by atoms with van der Waals surface area (Å²) in [5, 5.41) is 4.09. The number of hydrogen-bond acceptors (Lipinski definition) is 1. The molecule has 1 aromatic rings. The molecular formula is C18H27ClFN. The van der Waals surface area contributed by atoms with Crippen molar-refractivity contribution in [2.75, 3.05) is 7.05 Å². The van der Waals surface area contributed by atoms with Gasteiger partial charge in [-0.25, -0.2) is 4.39 Å². The number of nitrogens with one attached hydrogen (secondary N) is 1. The molecule has 1 saturated carbocycles. The first-order chi connectivity index (χ1) is 9.97. The zero-order valence-electron chi connectivity index (χ0n) is 13.4. The highest BCUT2D eigenvalue weighted by Crippen LogP contribution is 2.46. The van der Waals surface area contributed by atoms with Crippen molar-refractivity contribution in [1.82, 2.24) is 5.32 Å². The molecule has 1 nitrogen and oxygen atoms in total. The number of hydrogen-bond donors (Lipinski definition) is 1. The van der Waals surface area contributed by atoms with Crippen LogP contribution in [0.1, 0.15) is 51.5 Å². The van der Waals surface area contributed by atoms with Gasteiger partial charge in [0.1, 0.15) is 5.82 Å². The van der Waals surface area contributed by atoms with Crippen molar-refractivity contribution < 1.29 is 4.39 Å². The second-order valence-electron chi connectivity index (χ2n) is 6.95. The molecule has 0 bridgehead atoms. The number of benzene rings is 1. The van der Waals surface area contributed by atoms with E-state index in [2.05, 4.69) is 19.2 Å². The lowest BCUT2D eigenvalue weighted by molar-refractivity contribution is 0.159. The maximum Gasteiger partial charge on any atom is 0.126 e. The summed E-state index contributed by atoms with van der Waals surface area (Å²) in [6.45, 7) is 4.57. The van der Waals surface area contributed by atoms with Crippen molar-refractivity contribution in [3.8, 4) is 0 Å². The molecule has 21 heavy (non-hydrogen) atoms. The van der Waals surface area contributed by atoms with Crippen LogP contribution in [0.25, 0.3) is 0 Å². The molecule has 0 aliphatic heterocycles. The maximum atomic E-state index is 14.1. The highest BCUT2D eigenvalue weighted by Gasteiger charge is 2.41. The normalized spacial score (nSPS) is 19.1. The molecule has 1 unspecified atom stereocenters. The summed E-state index contributed by atoms with van der Waals surface area (Å²) in [5.41, 5.74) is 1.04. The van der Waals surface area contributed by atoms with E-state index in [9.17, 15) is 4.39 Å². The Labute approximate surface area is 133 Å². The fraction of sp³-hybridized carbons (Fsp3) is 0.667. The summed E-state index contributed by atoms with van der Waals surface area (Å²) in [4.78, 5) is 0. The molecule has 3 heteroatoms. The quantitative estimate of drug-likeness (QED) is 0.760. The van der Waals surface area contributed by atoms with Gasteiger partial charge < -0.3 is 5.32 Å². The molecule has 118 valence electrons. The van der Waals surface area contributed by atoms with Crippen LogP contribution in [0.2, 0.25) is 5.02 Å². The lowest BCUT2D eigenvalue weighted by Gasteiger charge is -2.39. The van der Waals surface area contributed by atoms with Crippen LogP contribution in [-0.2, 0) is 6.42 Å². The van der Waals surface area contributed by atoms with E-state index >= 15 is 0 Å². The third kappa shape index (κ3) is 3.98. The molecule has 1 atom stereocenters. The molecule has 1 aliphatic carbocycles. The first-order valence-electron chi connectivity index (χ1n) is 8.08. The third-order valence-corrected chi connectivity index (χ3v) is 5.17. The predicted molar refractivity (Wildman–Crippen MR) is 88.3 cm³/mol. The van der Waals surface area contributed by atoms with Crippen molar-refractivity contribution in [3.05, 3.63) is 34.6 Å². The summed E-state index contributed by atoms with van der Waals surface area (Å²) in [7, 11) is 2.01. The molecule has 0 amide bonds. The van der Waals surface area contributed by atoms with Gasteiger partial charge in [0, 0.05) is 11.1 Å². The molecule has 0 radical (unpaired) electrons. The fourth-order valence-electron chi connectivity index (χ4n) is 4.13. The second-order valence-corrected chi connectivity index (χ2v) is 7.39. The first-order valence-corrected chi connectivity index (χ1v) is 8.46. The topological polar surface area (TPSA) is 12.0 Å². The highest BCUT2D eigenvalue weighted by atomic mass is 35.5. The molecule has 0 spiro atoms. The minimum absolute atomic E-state index is 0.141. The second kappa shape index (κ2) is 7.11. The summed E-state index contributed by atoms with van der Waals surface area (Å²) < 4.78 is 14.1. The minimum Gasteiger partial charge on any atom is -0.316 e. The average Bonchev–Trinajstić information content (AvgIpc) is 2.88. The summed E-state index contributed by atoms with van der Waals surface area (Å²) in [5.74, 6) is 0.528. The standard InChI is InChI=1S/C18H27ClFN/c1-13(2)12-18(8-4-5-9-18)17(21-3)11-14-10-15(19)6-7-16(14)20/h6-7,10,13,17,21H,4-5,8-9,11-12H2,1-3H3. The van der Waals surface area contributed by atoms with Crippen LogP contribution in [0.5, 0.6) is 0 Å². The van der Waals surface area contributed by atoms with Crippen LogP contribution >= 0.6 is 11.6 Å². The molecular weight excluding hydrogens is 285 g/mol. The van der Waals surface area contributed by atoms with Gasteiger partial charge in [0.05, 0.1) is 0 Å². The largest absolute Gasteiger partial charge is 0.316 e. The van der Waals surface area contributed by atoms with Gasteiger partial charge in [-0.05, 0) is 67.8 Å². The van der Waals surface area contributed by atoms with Crippen molar-refractivity contribution in [2.24, 2.45) is 11.3 Å². The van der Waals surface area contributed by atoms with Crippen molar-refractivity contribution >= 4 is 11.6 Å².